The number of likely N-dealkylation sites (N-methyl/N-ethyl adjacent to an activating group) is 1. The number of rotatable bonds is 6. The lowest BCUT2D eigenvalue weighted by Gasteiger charge is -2.28. The van der Waals surface area contributed by atoms with Crippen molar-refractivity contribution in [2.75, 3.05) is 38.3 Å². The number of hydrogen-bond acceptors (Lipinski definition) is 5. The first kappa shape index (κ1) is 22.4. The topological polar surface area (TPSA) is 106 Å². The first-order valence-electron chi connectivity index (χ1n) is 9.09. The summed E-state index contributed by atoms with van der Waals surface area (Å²) in [4.78, 5) is 23.3. The number of urea groups is 1. The second-order valence-corrected chi connectivity index (χ2v) is 6.71. The molecular formula is C20H24FN7O2. The van der Waals surface area contributed by atoms with Crippen molar-refractivity contribution < 1.29 is 13.9 Å². The molecule has 1 heterocycles. The molecule has 0 unspecified atom stereocenters. The fourth-order valence-corrected chi connectivity index (χ4v) is 2.74. The highest BCUT2D eigenvalue weighted by molar-refractivity contribution is 5.99. The number of halogens is 1. The molecule has 1 atom stereocenters. The molecule has 158 valence electrons. The third-order valence-corrected chi connectivity index (χ3v) is 3.81. The number of ether oxygens (including phenoxy) is 1. The Morgan fingerprint density at radius 3 is 2.67 bits per heavy atom. The average molecular weight is 413 g/mol. The van der Waals surface area contributed by atoms with Gasteiger partial charge >= 0.3 is 6.03 Å². The number of anilines is 2. The minimum absolute atomic E-state index is 0.243. The standard InChI is InChI=1S/C20H24FN7O2/c1-14(12-28(4)20(24-13-22)27(2)3)30-18-9-15(21)8-17(10-18)26-19(29)25-16-6-5-7-23-11-16/h5-11,14H,12H2,1-4H3,(H2,25,26,29)/t14-/m1/s1. The number of amides is 2. The third-order valence-electron chi connectivity index (χ3n) is 3.81. The number of carbonyl (C=O) groups excluding carboxylic acids is 1. The zero-order valence-electron chi connectivity index (χ0n) is 17.3. The van der Waals surface area contributed by atoms with E-state index in [1.165, 1.54) is 24.4 Å². The van der Waals surface area contributed by atoms with Crippen LogP contribution < -0.4 is 15.4 Å². The van der Waals surface area contributed by atoms with Crippen LogP contribution in [0.3, 0.4) is 0 Å². The summed E-state index contributed by atoms with van der Waals surface area (Å²) in [6, 6.07) is 6.79. The molecule has 0 radical (unpaired) electrons. The van der Waals surface area contributed by atoms with Crippen LogP contribution in [-0.2, 0) is 0 Å². The Kier molecular flexibility index (Phi) is 7.93. The van der Waals surface area contributed by atoms with Gasteiger partial charge in [-0.15, -0.1) is 4.99 Å². The molecule has 0 aliphatic heterocycles. The number of hydrogen-bond donors (Lipinski definition) is 2. The van der Waals surface area contributed by atoms with Gasteiger partial charge in [0, 0.05) is 45.2 Å². The molecule has 0 spiro atoms. The summed E-state index contributed by atoms with van der Waals surface area (Å²) >= 11 is 0. The number of aromatic nitrogens is 1. The second-order valence-electron chi connectivity index (χ2n) is 6.71. The molecule has 0 bridgehead atoms. The smallest absolute Gasteiger partial charge is 0.323 e. The Labute approximate surface area is 174 Å². The molecule has 30 heavy (non-hydrogen) atoms. The normalized spacial score (nSPS) is 11.8. The van der Waals surface area contributed by atoms with E-state index < -0.39 is 11.8 Å². The van der Waals surface area contributed by atoms with Crippen LogP contribution in [0, 0.1) is 17.3 Å². The lowest BCUT2D eigenvalue weighted by Crippen LogP contribution is -2.42. The van der Waals surface area contributed by atoms with Gasteiger partial charge in [-0.2, -0.15) is 5.26 Å². The van der Waals surface area contributed by atoms with Gasteiger partial charge in [-0.1, -0.05) is 0 Å². The van der Waals surface area contributed by atoms with Gasteiger partial charge in [-0.25, -0.2) is 9.18 Å². The molecule has 0 fully saturated rings. The molecule has 0 aliphatic rings. The van der Waals surface area contributed by atoms with Crippen molar-refractivity contribution in [3.8, 4) is 11.9 Å². The number of carbonyl (C=O) groups is 1. The van der Waals surface area contributed by atoms with E-state index in [2.05, 4.69) is 20.6 Å². The molecular weight excluding hydrogens is 389 g/mol. The van der Waals surface area contributed by atoms with Crippen molar-refractivity contribution in [2.24, 2.45) is 4.99 Å². The lowest BCUT2D eigenvalue weighted by molar-refractivity contribution is 0.187. The van der Waals surface area contributed by atoms with Crippen LogP contribution in [0.25, 0.3) is 0 Å². The first-order chi connectivity index (χ1) is 14.3. The summed E-state index contributed by atoms with van der Waals surface area (Å²) in [5, 5.41) is 14.0. The third kappa shape index (κ3) is 6.94. The van der Waals surface area contributed by atoms with Gasteiger partial charge in [0.05, 0.1) is 18.4 Å². The number of pyridine rings is 1. The summed E-state index contributed by atoms with van der Waals surface area (Å²) in [5.41, 5.74) is 0.752. The minimum Gasteiger partial charge on any atom is -0.489 e. The van der Waals surface area contributed by atoms with E-state index in [0.29, 0.717) is 18.2 Å². The minimum atomic E-state index is -0.551. The van der Waals surface area contributed by atoms with Crippen LogP contribution >= 0.6 is 0 Å². The number of benzene rings is 1. The monoisotopic (exact) mass is 413 g/mol. The first-order valence-corrected chi connectivity index (χ1v) is 9.09. The molecule has 0 saturated carbocycles. The van der Waals surface area contributed by atoms with E-state index in [-0.39, 0.29) is 17.5 Å². The predicted molar refractivity (Wildman–Crippen MR) is 113 cm³/mol. The number of nitriles is 1. The largest absolute Gasteiger partial charge is 0.489 e. The summed E-state index contributed by atoms with van der Waals surface area (Å²) in [6.45, 7) is 2.21. The van der Waals surface area contributed by atoms with Crippen LogP contribution in [0.15, 0.2) is 47.7 Å². The van der Waals surface area contributed by atoms with Gasteiger partial charge in [0.2, 0.25) is 12.2 Å². The Bertz CT molecular complexity index is 928. The molecule has 2 amide bonds. The van der Waals surface area contributed by atoms with Crippen molar-refractivity contribution in [1.82, 2.24) is 14.8 Å². The Hall–Kier alpha value is -3.87. The average Bonchev–Trinajstić information content (AvgIpc) is 2.65. The van der Waals surface area contributed by atoms with Crippen molar-refractivity contribution in [2.45, 2.75) is 13.0 Å². The summed E-state index contributed by atoms with van der Waals surface area (Å²) < 4.78 is 19.8. The zero-order chi connectivity index (χ0) is 22.1. The van der Waals surface area contributed by atoms with Crippen LogP contribution in [0.2, 0.25) is 0 Å². The van der Waals surface area contributed by atoms with Gasteiger partial charge < -0.3 is 25.2 Å². The van der Waals surface area contributed by atoms with Crippen molar-refractivity contribution in [3.05, 3.63) is 48.5 Å². The summed E-state index contributed by atoms with van der Waals surface area (Å²) in [5.74, 6) is 0.183. The van der Waals surface area contributed by atoms with E-state index in [4.69, 9.17) is 10.00 Å². The molecule has 2 aromatic rings. The van der Waals surface area contributed by atoms with E-state index in [1.807, 2.05) is 6.92 Å². The molecule has 0 aliphatic carbocycles. The van der Waals surface area contributed by atoms with E-state index >= 15 is 0 Å². The Balaban J connectivity index is 2.01. The van der Waals surface area contributed by atoms with Gasteiger partial charge in [0.1, 0.15) is 17.7 Å². The van der Waals surface area contributed by atoms with Crippen LogP contribution in [0.5, 0.6) is 5.75 Å². The predicted octanol–water partition coefficient (Wildman–Crippen LogP) is 2.96. The number of nitrogens with zero attached hydrogens (tertiary/aromatic N) is 5. The quantitative estimate of drug-likeness (QED) is 0.428. The molecule has 0 saturated heterocycles. The molecule has 1 aromatic heterocycles. The van der Waals surface area contributed by atoms with Crippen molar-refractivity contribution >= 4 is 23.4 Å². The molecule has 9 nitrogen and oxygen atoms in total. The van der Waals surface area contributed by atoms with Crippen LogP contribution in [0.4, 0.5) is 20.6 Å². The molecule has 2 rings (SSSR count). The van der Waals surface area contributed by atoms with Crippen molar-refractivity contribution in [1.29, 1.82) is 5.26 Å². The molecule has 1 aromatic carbocycles. The van der Waals surface area contributed by atoms with E-state index in [1.54, 1.807) is 55.5 Å². The van der Waals surface area contributed by atoms with Gasteiger partial charge in [0.15, 0.2) is 0 Å². The molecule has 10 heteroatoms. The van der Waals surface area contributed by atoms with E-state index in [0.717, 1.165) is 0 Å². The fourth-order valence-electron chi connectivity index (χ4n) is 2.74. The van der Waals surface area contributed by atoms with Crippen LogP contribution in [0.1, 0.15) is 6.92 Å². The van der Waals surface area contributed by atoms with Crippen LogP contribution in [-0.4, -0.2) is 60.6 Å². The molecule has 2 N–H and O–H groups in total. The maximum atomic E-state index is 14.0. The Morgan fingerprint density at radius 1 is 1.30 bits per heavy atom. The summed E-state index contributed by atoms with van der Waals surface area (Å²) in [6.07, 6.45) is 4.50. The Morgan fingerprint density at radius 2 is 2.03 bits per heavy atom. The van der Waals surface area contributed by atoms with Gasteiger partial charge in [0.25, 0.3) is 0 Å². The number of aliphatic imine (C=N–C) groups is 1. The van der Waals surface area contributed by atoms with Gasteiger partial charge in [-0.05, 0) is 25.1 Å². The SMILES string of the molecule is C[C@H](CN(C)C(=NC#N)N(C)C)Oc1cc(F)cc(NC(=O)Nc2cccnc2)c1. The zero-order valence-corrected chi connectivity index (χ0v) is 17.3. The van der Waals surface area contributed by atoms with Crippen molar-refractivity contribution in [3.63, 3.8) is 0 Å². The fraction of sp³-hybridized carbons (Fsp3) is 0.300. The second kappa shape index (κ2) is 10.6. The lowest BCUT2D eigenvalue weighted by atomic mass is 10.2. The maximum Gasteiger partial charge on any atom is 0.323 e. The van der Waals surface area contributed by atoms with E-state index in [9.17, 15) is 9.18 Å². The maximum absolute atomic E-state index is 14.0. The number of guanidine groups is 1. The van der Waals surface area contributed by atoms with Gasteiger partial charge in [-0.3, -0.25) is 4.98 Å². The highest BCUT2D eigenvalue weighted by atomic mass is 19.1. The summed E-state index contributed by atoms with van der Waals surface area (Å²) in [7, 11) is 5.33. The number of nitrogens with one attached hydrogen (secondary N) is 2. The highest BCUT2D eigenvalue weighted by Gasteiger charge is 2.15. The highest BCUT2D eigenvalue weighted by Crippen LogP contribution is 2.22.